The summed E-state index contributed by atoms with van der Waals surface area (Å²) in [5, 5.41) is 6.67. The summed E-state index contributed by atoms with van der Waals surface area (Å²) in [6.45, 7) is 0.225. The molecule has 1 aromatic heterocycles. The van der Waals surface area contributed by atoms with Crippen molar-refractivity contribution in [3.8, 4) is 5.75 Å². The molecule has 2 heterocycles. The number of halogens is 3. The van der Waals surface area contributed by atoms with Gasteiger partial charge in [-0.05, 0) is 41.5 Å². The van der Waals surface area contributed by atoms with E-state index < -0.39 is 17.8 Å². The van der Waals surface area contributed by atoms with Crippen molar-refractivity contribution in [2.24, 2.45) is 0 Å². The van der Waals surface area contributed by atoms with Gasteiger partial charge in [0.05, 0.1) is 17.6 Å². The Morgan fingerprint density at radius 2 is 1.77 bits per heavy atom. The van der Waals surface area contributed by atoms with Gasteiger partial charge in [0.1, 0.15) is 11.6 Å². The van der Waals surface area contributed by atoms with Crippen LogP contribution in [0, 0.1) is 0 Å². The molecule has 1 aliphatic rings. The van der Waals surface area contributed by atoms with Gasteiger partial charge >= 0.3 is 6.18 Å². The first-order chi connectivity index (χ1) is 16.9. The van der Waals surface area contributed by atoms with Gasteiger partial charge in [0.25, 0.3) is 5.91 Å². The van der Waals surface area contributed by atoms with Crippen molar-refractivity contribution in [1.82, 2.24) is 15.3 Å². The van der Waals surface area contributed by atoms with Crippen molar-refractivity contribution in [1.29, 1.82) is 0 Å². The summed E-state index contributed by atoms with van der Waals surface area (Å²) in [6, 6.07) is 20.0. The highest BCUT2D eigenvalue weighted by atomic mass is 19.4. The number of fused-ring (bicyclic) bond motifs is 2. The second-order valence-corrected chi connectivity index (χ2v) is 8.19. The van der Waals surface area contributed by atoms with E-state index in [0.717, 1.165) is 23.1 Å². The van der Waals surface area contributed by atoms with Gasteiger partial charge in [-0.2, -0.15) is 13.2 Å². The number of para-hydroxylation sites is 2. The van der Waals surface area contributed by atoms with Gasteiger partial charge in [-0.1, -0.05) is 42.5 Å². The monoisotopic (exact) mass is 478 g/mol. The number of hydrogen-bond acceptors (Lipinski definition) is 5. The van der Waals surface area contributed by atoms with Crippen molar-refractivity contribution in [3.63, 3.8) is 0 Å². The first-order valence-electron chi connectivity index (χ1n) is 11.0. The largest absolute Gasteiger partial charge is 0.480 e. The van der Waals surface area contributed by atoms with Crippen LogP contribution in [0.25, 0.3) is 10.9 Å². The van der Waals surface area contributed by atoms with Crippen LogP contribution in [0.1, 0.15) is 22.5 Å². The molecule has 0 bridgehead atoms. The van der Waals surface area contributed by atoms with Crippen molar-refractivity contribution in [2.75, 3.05) is 5.32 Å². The van der Waals surface area contributed by atoms with Gasteiger partial charge in [-0.3, -0.25) is 4.79 Å². The maximum absolute atomic E-state index is 13.0. The Balaban J connectivity index is 1.30. The highest BCUT2D eigenvalue weighted by molar-refractivity contribution is 5.89. The van der Waals surface area contributed by atoms with E-state index in [0.29, 0.717) is 34.9 Å². The minimum atomic E-state index is -4.41. The average molecular weight is 478 g/mol. The van der Waals surface area contributed by atoms with Crippen LogP contribution in [0.5, 0.6) is 5.75 Å². The Hall–Kier alpha value is -4.14. The summed E-state index contributed by atoms with van der Waals surface area (Å²) in [6.07, 6.45) is -4.54. The number of alkyl halides is 3. The summed E-state index contributed by atoms with van der Waals surface area (Å²) >= 11 is 0. The lowest BCUT2D eigenvalue weighted by atomic mass is 10.1. The van der Waals surface area contributed by atoms with Crippen LogP contribution >= 0.6 is 0 Å². The minimum absolute atomic E-state index is 0.0815. The molecule has 0 radical (unpaired) electrons. The standard InChI is InChI=1S/C26H21F3N4O2/c27-26(28,29)18-8-5-6-16(12-18)14-30-24-19-9-2-3-10-20(19)32-23(33-24)15-31-25(34)22-13-17-7-1-4-11-21(17)35-22/h1-12,22H,13-15H2,(H,31,34)(H,30,32,33). The number of aromatic nitrogens is 2. The Kier molecular flexibility index (Phi) is 5.98. The number of hydrogen-bond donors (Lipinski definition) is 2. The fourth-order valence-electron chi connectivity index (χ4n) is 3.99. The van der Waals surface area contributed by atoms with E-state index in [2.05, 4.69) is 20.6 Å². The maximum atomic E-state index is 13.0. The number of anilines is 1. The molecule has 4 aromatic rings. The second-order valence-electron chi connectivity index (χ2n) is 8.19. The van der Waals surface area contributed by atoms with Crippen LogP contribution in [0.15, 0.2) is 72.8 Å². The first kappa shape index (κ1) is 22.6. The number of nitrogens with one attached hydrogen (secondary N) is 2. The molecule has 0 saturated carbocycles. The molecular formula is C26H21F3N4O2. The molecule has 1 unspecified atom stereocenters. The smallest absolute Gasteiger partial charge is 0.416 e. The third-order valence-electron chi connectivity index (χ3n) is 5.72. The van der Waals surface area contributed by atoms with Crippen LogP contribution in [-0.4, -0.2) is 22.0 Å². The van der Waals surface area contributed by atoms with Crippen LogP contribution < -0.4 is 15.4 Å². The fraction of sp³-hybridized carbons (Fsp3) is 0.192. The van der Waals surface area contributed by atoms with Crippen LogP contribution in [0.4, 0.5) is 19.0 Å². The molecular weight excluding hydrogens is 457 g/mol. The topological polar surface area (TPSA) is 76.1 Å². The van der Waals surface area contributed by atoms with Gasteiger partial charge in [0, 0.05) is 18.4 Å². The number of rotatable bonds is 6. The van der Waals surface area contributed by atoms with Gasteiger partial charge in [0.2, 0.25) is 0 Å². The zero-order valence-corrected chi connectivity index (χ0v) is 18.5. The average Bonchev–Trinajstić information content (AvgIpc) is 3.30. The van der Waals surface area contributed by atoms with E-state index in [-0.39, 0.29) is 19.0 Å². The molecule has 0 fully saturated rings. The predicted molar refractivity (Wildman–Crippen MR) is 125 cm³/mol. The lowest BCUT2D eigenvalue weighted by Crippen LogP contribution is -2.37. The molecule has 6 nitrogen and oxygen atoms in total. The highest BCUT2D eigenvalue weighted by Crippen LogP contribution is 2.30. The molecule has 0 saturated heterocycles. The maximum Gasteiger partial charge on any atom is 0.416 e. The number of ether oxygens (including phenoxy) is 1. The zero-order chi connectivity index (χ0) is 24.4. The first-order valence-corrected chi connectivity index (χ1v) is 11.0. The van der Waals surface area contributed by atoms with Crippen LogP contribution in [-0.2, 0) is 30.5 Å². The van der Waals surface area contributed by atoms with Crippen molar-refractivity contribution in [3.05, 3.63) is 95.3 Å². The van der Waals surface area contributed by atoms with Crippen molar-refractivity contribution >= 4 is 22.6 Å². The molecule has 2 N–H and O–H groups in total. The lowest BCUT2D eigenvalue weighted by molar-refractivity contribution is -0.137. The summed E-state index contributed by atoms with van der Waals surface area (Å²) in [7, 11) is 0. The summed E-state index contributed by atoms with van der Waals surface area (Å²) in [5.41, 5.74) is 1.40. The van der Waals surface area contributed by atoms with Gasteiger partial charge < -0.3 is 15.4 Å². The molecule has 3 aromatic carbocycles. The zero-order valence-electron chi connectivity index (χ0n) is 18.5. The Labute approximate surface area is 199 Å². The number of carbonyl (C=O) groups is 1. The molecule has 1 amide bonds. The number of benzene rings is 3. The normalized spacial score (nSPS) is 14.9. The quantitative estimate of drug-likeness (QED) is 0.413. The fourth-order valence-corrected chi connectivity index (χ4v) is 3.99. The van der Waals surface area contributed by atoms with E-state index in [1.165, 1.54) is 6.07 Å². The summed E-state index contributed by atoms with van der Waals surface area (Å²) < 4.78 is 44.9. The molecule has 178 valence electrons. The van der Waals surface area contributed by atoms with Gasteiger partial charge in [-0.15, -0.1) is 0 Å². The second kappa shape index (κ2) is 9.25. The third-order valence-corrected chi connectivity index (χ3v) is 5.72. The summed E-state index contributed by atoms with van der Waals surface area (Å²) in [5.74, 6) is 1.29. The SMILES string of the molecule is O=C(NCc1nc(NCc2cccc(C(F)(F)F)c2)c2ccccc2n1)C1Cc2ccccc2O1. The van der Waals surface area contributed by atoms with E-state index in [4.69, 9.17) is 4.74 Å². The van der Waals surface area contributed by atoms with Crippen LogP contribution in [0.2, 0.25) is 0 Å². The van der Waals surface area contributed by atoms with Crippen LogP contribution in [0.3, 0.4) is 0 Å². The number of carbonyl (C=O) groups excluding carboxylic acids is 1. The van der Waals surface area contributed by atoms with E-state index >= 15 is 0 Å². The lowest BCUT2D eigenvalue weighted by Gasteiger charge is -2.14. The molecule has 0 aliphatic carbocycles. The Morgan fingerprint density at radius 3 is 2.60 bits per heavy atom. The van der Waals surface area contributed by atoms with Gasteiger partial charge in [-0.25, -0.2) is 9.97 Å². The number of amides is 1. The molecule has 9 heteroatoms. The van der Waals surface area contributed by atoms with Crippen molar-refractivity contribution < 1.29 is 22.7 Å². The molecule has 35 heavy (non-hydrogen) atoms. The van der Waals surface area contributed by atoms with Gasteiger partial charge in [0.15, 0.2) is 11.9 Å². The Bertz CT molecular complexity index is 1370. The van der Waals surface area contributed by atoms with E-state index in [1.54, 1.807) is 6.07 Å². The third kappa shape index (κ3) is 5.03. The molecule has 1 atom stereocenters. The minimum Gasteiger partial charge on any atom is -0.480 e. The van der Waals surface area contributed by atoms with E-state index in [1.807, 2.05) is 48.5 Å². The highest BCUT2D eigenvalue weighted by Gasteiger charge is 2.30. The predicted octanol–water partition coefficient (Wildman–Crippen LogP) is 4.88. The molecule has 0 spiro atoms. The van der Waals surface area contributed by atoms with E-state index in [9.17, 15) is 18.0 Å². The Morgan fingerprint density at radius 1 is 0.971 bits per heavy atom. The summed E-state index contributed by atoms with van der Waals surface area (Å²) in [4.78, 5) is 21.7. The number of nitrogens with zero attached hydrogens (tertiary/aromatic N) is 2. The van der Waals surface area contributed by atoms with Crippen molar-refractivity contribution in [2.45, 2.75) is 31.8 Å². The molecule has 1 aliphatic heterocycles. The molecule has 5 rings (SSSR count).